The monoisotopic (exact) mass is 355 g/mol. The van der Waals surface area contributed by atoms with Gasteiger partial charge in [-0.05, 0) is 42.5 Å². The van der Waals surface area contributed by atoms with Crippen molar-refractivity contribution >= 4 is 50.4 Å². The number of anilines is 1. The van der Waals surface area contributed by atoms with Gasteiger partial charge in [0.05, 0.1) is 10.3 Å². The number of hydrogen-bond acceptors (Lipinski definition) is 4. The Morgan fingerprint density at radius 2 is 1.96 bits per heavy atom. The van der Waals surface area contributed by atoms with Crippen molar-refractivity contribution in [1.29, 1.82) is 0 Å². The molecule has 7 heteroatoms. The number of benzene rings is 1. The molecule has 1 N–H and O–H groups in total. The van der Waals surface area contributed by atoms with Gasteiger partial charge in [0.15, 0.2) is 0 Å². The van der Waals surface area contributed by atoms with E-state index in [4.69, 9.17) is 11.6 Å². The number of rotatable bonds is 2. The molecule has 0 saturated carbocycles. The van der Waals surface area contributed by atoms with Gasteiger partial charge in [0, 0.05) is 16.9 Å². The maximum atomic E-state index is 12.5. The highest BCUT2D eigenvalue weighted by Crippen LogP contribution is 2.23. The fourth-order valence-electron chi connectivity index (χ4n) is 2.39. The summed E-state index contributed by atoms with van der Waals surface area (Å²) < 4.78 is 1.47. The van der Waals surface area contributed by atoms with Gasteiger partial charge in [-0.2, -0.15) is 0 Å². The molecular weight excluding hydrogens is 346 g/mol. The van der Waals surface area contributed by atoms with Crippen molar-refractivity contribution in [1.82, 2.24) is 9.38 Å². The molecule has 0 unspecified atom stereocenters. The van der Waals surface area contributed by atoms with E-state index >= 15 is 0 Å². The zero-order valence-electron chi connectivity index (χ0n) is 12.2. The Bertz CT molecular complexity index is 1130. The summed E-state index contributed by atoms with van der Waals surface area (Å²) in [5.74, 6) is -0.284. The highest BCUT2D eigenvalue weighted by atomic mass is 35.5. The van der Waals surface area contributed by atoms with Crippen LogP contribution < -0.4 is 10.9 Å². The molecule has 0 aliphatic rings. The maximum absolute atomic E-state index is 12.5. The van der Waals surface area contributed by atoms with E-state index in [2.05, 4.69) is 10.3 Å². The first-order valence-corrected chi connectivity index (χ1v) is 8.29. The summed E-state index contributed by atoms with van der Waals surface area (Å²) in [7, 11) is 0. The van der Waals surface area contributed by atoms with Crippen LogP contribution in [0, 0.1) is 0 Å². The Morgan fingerprint density at radius 3 is 2.75 bits per heavy atom. The topological polar surface area (TPSA) is 63.5 Å². The van der Waals surface area contributed by atoms with Gasteiger partial charge >= 0.3 is 0 Å². The molecule has 0 saturated heterocycles. The van der Waals surface area contributed by atoms with Crippen LogP contribution in [-0.2, 0) is 0 Å². The molecule has 0 bridgehead atoms. The van der Waals surface area contributed by atoms with Crippen LogP contribution in [0.25, 0.3) is 15.9 Å². The minimum atomic E-state index is -0.284. The van der Waals surface area contributed by atoms with Crippen LogP contribution in [0.3, 0.4) is 0 Å². The lowest BCUT2D eigenvalue weighted by molar-refractivity contribution is 0.103. The highest BCUT2D eigenvalue weighted by Gasteiger charge is 2.15. The highest BCUT2D eigenvalue weighted by molar-refractivity contribution is 7.20. The van der Waals surface area contributed by atoms with Gasteiger partial charge in [0.1, 0.15) is 10.5 Å². The van der Waals surface area contributed by atoms with E-state index in [1.165, 1.54) is 15.7 Å². The van der Waals surface area contributed by atoms with Crippen molar-refractivity contribution in [3.63, 3.8) is 0 Å². The Labute approximate surface area is 145 Å². The standard InChI is InChI=1S/C17H10ClN3O2S/c18-10-4-6-11(7-5-10)19-15(22)13-9-12-16(24-13)20-14-3-1-2-8-21(14)17(12)23/h1-9H,(H,19,22). The first-order chi connectivity index (χ1) is 11.6. The summed E-state index contributed by atoms with van der Waals surface area (Å²) in [5, 5.41) is 3.81. The summed E-state index contributed by atoms with van der Waals surface area (Å²) in [4.78, 5) is 30.3. The third kappa shape index (κ3) is 2.55. The van der Waals surface area contributed by atoms with Crippen LogP contribution in [0.1, 0.15) is 9.67 Å². The minimum absolute atomic E-state index is 0.183. The van der Waals surface area contributed by atoms with Crippen molar-refractivity contribution in [2.24, 2.45) is 0 Å². The SMILES string of the molecule is O=C(Nc1ccc(Cl)cc1)c1cc2c(=O)n3ccccc3nc2s1. The van der Waals surface area contributed by atoms with Gasteiger partial charge in [-0.25, -0.2) is 4.98 Å². The van der Waals surface area contributed by atoms with E-state index < -0.39 is 0 Å². The third-order valence-electron chi connectivity index (χ3n) is 3.54. The molecule has 0 radical (unpaired) electrons. The Kier molecular flexibility index (Phi) is 3.55. The molecule has 0 atom stereocenters. The van der Waals surface area contributed by atoms with Gasteiger partial charge in [0.2, 0.25) is 0 Å². The van der Waals surface area contributed by atoms with Gasteiger partial charge in [-0.15, -0.1) is 11.3 Å². The Morgan fingerprint density at radius 1 is 1.17 bits per heavy atom. The van der Waals surface area contributed by atoms with E-state index in [-0.39, 0.29) is 11.5 Å². The van der Waals surface area contributed by atoms with Gasteiger partial charge < -0.3 is 5.32 Å². The molecule has 118 valence electrons. The fourth-order valence-corrected chi connectivity index (χ4v) is 3.44. The number of pyridine rings is 1. The number of hydrogen-bond donors (Lipinski definition) is 1. The first kappa shape index (κ1) is 14.9. The smallest absolute Gasteiger partial charge is 0.266 e. The first-order valence-electron chi connectivity index (χ1n) is 7.10. The quantitative estimate of drug-likeness (QED) is 0.594. The molecular formula is C17H10ClN3O2S. The zero-order valence-corrected chi connectivity index (χ0v) is 13.8. The number of carbonyl (C=O) groups is 1. The van der Waals surface area contributed by atoms with Gasteiger partial charge in [0.25, 0.3) is 11.5 Å². The lowest BCUT2D eigenvalue weighted by atomic mass is 10.3. The maximum Gasteiger partial charge on any atom is 0.266 e. The molecule has 4 rings (SSSR count). The molecule has 3 aromatic heterocycles. The van der Waals surface area contributed by atoms with Crippen molar-refractivity contribution in [2.75, 3.05) is 5.32 Å². The van der Waals surface area contributed by atoms with Crippen LogP contribution in [0.2, 0.25) is 5.02 Å². The number of nitrogens with one attached hydrogen (secondary N) is 1. The number of carbonyl (C=O) groups excluding carboxylic acids is 1. The summed E-state index contributed by atoms with van der Waals surface area (Å²) in [6.07, 6.45) is 1.66. The summed E-state index contributed by atoms with van der Waals surface area (Å²) in [5.41, 5.74) is 1.01. The van der Waals surface area contributed by atoms with Gasteiger partial charge in [-0.1, -0.05) is 17.7 Å². The molecule has 3 heterocycles. The summed E-state index contributed by atoms with van der Waals surface area (Å²) in [6.45, 7) is 0. The number of halogens is 1. The zero-order chi connectivity index (χ0) is 16.7. The predicted octanol–water partition coefficient (Wildman–Crippen LogP) is 3.81. The number of aromatic nitrogens is 2. The van der Waals surface area contributed by atoms with Crippen molar-refractivity contribution in [3.05, 3.63) is 75.0 Å². The Hall–Kier alpha value is -2.70. The lowest BCUT2D eigenvalue weighted by Crippen LogP contribution is -2.13. The van der Waals surface area contributed by atoms with Crippen molar-refractivity contribution in [3.8, 4) is 0 Å². The van der Waals surface area contributed by atoms with Crippen LogP contribution in [0.4, 0.5) is 5.69 Å². The number of amides is 1. The van der Waals surface area contributed by atoms with E-state index in [1.54, 1.807) is 48.7 Å². The van der Waals surface area contributed by atoms with E-state index in [0.717, 1.165) is 0 Å². The largest absolute Gasteiger partial charge is 0.321 e. The molecule has 4 aromatic rings. The Balaban J connectivity index is 1.75. The molecule has 0 spiro atoms. The average molecular weight is 356 g/mol. The number of fused-ring (bicyclic) bond motifs is 2. The van der Waals surface area contributed by atoms with E-state index in [9.17, 15) is 9.59 Å². The second-order valence-electron chi connectivity index (χ2n) is 5.14. The molecule has 5 nitrogen and oxygen atoms in total. The molecule has 1 aromatic carbocycles. The molecule has 0 aliphatic carbocycles. The van der Waals surface area contributed by atoms with Crippen LogP contribution in [-0.4, -0.2) is 15.3 Å². The normalized spacial score (nSPS) is 11.0. The molecule has 24 heavy (non-hydrogen) atoms. The summed E-state index contributed by atoms with van der Waals surface area (Å²) >= 11 is 7.03. The number of nitrogens with zero attached hydrogens (tertiary/aromatic N) is 2. The van der Waals surface area contributed by atoms with E-state index in [0.29, 0.717) is 31.5 Å². The predicted molar refractivity (Wildman–Crippen MR) is 96.3 cm³/mol. The third-order valence-corrected chi connectivity index (χ3v) is 4.82. The summed E-state index contributed by atoms with van der Waals surface area (Å²) in [6, 6.07) is 13.8. The van der Waals surface area contributed by atoms with Crippen molar-refractivity contribution in [2.45, 2.75) is 0 Å². The molecule has 0 fully saturated rings. The van der Waals surface area contributed by atoms with Crippen LogP contribution in [0.5, 0.6) is 0 Å². The number of thiophene rings is 1. The van der Waals surface area contributed by atoms with Crippen LogP contribution in [0.15, 0.2) is 59.5 Å². The fraction of sp³-hybridized carbons (Fsp3) is 0. The molecule has 0 aliphatic heterocycles. The lowest BCUT2D eigenvalue weighted by Gasteiger charge is -2.02. The average Bonchev–Trinajstić information content (AvgIpc) is 3.02. The van der Waals surface area contributed by atoms with Crippen molar-refractivity contribution < 1.29 is 4.79 Å². The molecule has 1 amide bonds. The van der Waals surface area contributed by atoms with E-state index in [1.807, 2.05) is 6.07 Å². The second-order valence-corrected chi connectivity index (χ2v) is 6.60. The van der Waals surface area contributed by atoms with Crippen LogP contribution >= 0.6 is 22.9 Å². The van der Waals surface area contributed by atoms with Gasteiger partial charge in [-0.3, -0.25) is 14.0 Å². The second kappa shape index (κ2) is 5.74. The minimum Gasteiger partial charge on any atom is -0.321 e.